The van der Waals surface area contributed by atoms with E-state index in [2.05, 4.69) is 0 Å². The zero-order valence-electron chi connectivity index (χ0n) is 8.09. The molecule has 0 rings (SSSR count). The number of aliphatic carboxylic acids is 1. The summed E-state index contributed by atoms with van der Waals surface area (Å²) >= 11 is 0. The van der Waals surface area contributed by atoms with Crippen LogP contribution < -0.4 is 0 Å². The van der Waals surface area contributed by atoms with E-state index in [0.29, 0.717) is 6.42 Å². The Bertz CT molecular complexity index is 102. The molecule has 0 aromatic rings. The van der Waals surface area contributed by atoms with Gasteiger partial charge in [-0.25, -0.2) is 0 Å². The number of carboxylic acids is 1. The number of carbonyl (C=O) groups is 1. The van der Waals surface area contributed by atoms with Crippen LogP contribution in [0.5, 0.6) is 0 Å². The molecule has 0 fully saturated rings. The second kappa shape index (κ2) is 7.54. The average Bonchev–Trinajstić information content (AvgIpc) is 1.91. The minimum atomic E-state index is -0.748. The SMILES string of the molecule is CC.CCC(C(=O)O)N(C)C. The molecular weight excluding hydrogens is 142 g/mol. The third kappa shape index (κ3) is 5.85. The highest BCUT2D eigenvalue weighted by atomic mass is 16.4. The zero-order chi connectivity index (χ0) is 9.44. The molecule has 3 nitrogen and oxygen atoms in total. The van der Waals surface area contributed by atoms with Gasteiger partial charge in [-0.05, 0) is 20.5 Å². The lowest BCUT2D eigenvalue weighted by atomic mass is 10.2. The fourth-order valence-corrected chi connectivity index (χ4v) is 0.761. The average molecular weight is 161 g/mol. The van der Waals surface area contributed by atoms with Gasteiger partial charge in [0, 0.05) is 0 Å². The fraction of sp³-hybridized carbons (Fsp3) is 0.875. The number of carboxylic acid groups (broad SMARTS) is 1. The van der Waals surface area contributed by atoms with Gasteiger partial charge in [-0.1, -0.05) is 20.8 Å². The van der Waals surface area contributed by atoms with Crippen molar-refractivity contribution in [3.63, 3.8) is 0 Å². The van der Waals surface area contributed by atoms with E-state index in [1.165, 1.54) is 0 Å². The topological polar surface area (TPSA) is 40.5 Å². The molecule has 0 aliphatic carbocycles. The van der Waals surface area contributed by atoms with Crippen LogP contribution in [0.1, 0.15) is 27.2 Å². The Morgan fingerprint density at radius 1 is 1.45 bits per heavy atom. The molecule has 0 amide bonds. The van der Waals surface area contributed by atoms with Gasteiger partial charge in [0.25, 0.3) is 0 Å². The van der Waals surface area contributed by atoms with Crippen molar-refractivity contribution >= 4 is 5.97 Å². The van der Waals surface area contributed by atoms with Gasteiger partial charge < -0.3 is 5.11 Å². The summed E-state index contributed by atoms with van der Waals surface area (Å²) in [6.07, 6.45) is 0.655. The van der Waals surface area contributed by atoms with Crippen molar-refractivity contribution in [2.45, 2.75) is 33.2 Å². The van der Waals surface area contributed by atoms with Crippen LogP contribution in [-0.4, -0.2) is 36.1 Å². The number of nitrogens with zero attached hydrogens (tertiary/aromatic N) is 1. The predicted molar refractivity (Wildman–Crippen MR) is 46.7 cm³/mol. The maximum absolute atomic E-state index is 10.3. The van der Waals surface area contributed by atoms with Crippen molar-refractivity contribution in [2.24, 2.45) is 0 Å². The highest BCUT2D eigenvalue weighted by Crippen LogP contribution is 1.97. The molecule has 0 radical (unpaired) electrons. The van der Waals surface area contributed by atoms with E-state index in [9.17, 15) is 4.79 Å². The second-order valence-electron chi connectivity index (χ2n) is 2.23. The van der Waals surface area contributed by atoms with Crippen LogP contribution in [0.3, 0.4) is 0 Å². The van der Waals surface area contributed by atoms with Crippen molar-refractivity contribution in [1.82, 2.24) is 4.90 Å². The first kappa shape index (κ1) is 13.1. The van der Waals surface area contributed by atoms with E-state index in [-0.39, 0.29) is 6.04 Å². The molecule has 0 aromatic carbocycles. The molecule has 0 heterocycles. The van der Waals surface area contributed by atoms with Gasteiger partial charge in [0.15, 0.2) is 0 Å². The van der Waals surface area contributed by atoms with Gasteiger partial charge in [-0.2, -0.15) is 0 Å². The normalized spacial score (nSPS) is 11.8. The highest BCUT2D eigenvalue weighted by Gasteiger charge is 2.15. The Morgan fingerprint density at radius 2 is 1.82 bits per heavy atom. The van der Waals surface area contributed by atoms with Gasteiger partial charge in [-0.3, -0.25) is 9.69 Å². The number of rotatable bonds is 3. The summed E-state index contributed by atoms with van der Waals surface area (Å²) in [5.41, 5.74) is 0. The molecule has 1 unspecified atom stereocenters. The molecular formula is C8H19NO2. The lowest BCUT2D eigenvalue weighted by molar-refractivity contribution is -0.142. The van der Waals surface area contributed by atoms with Crippen LogP contribution in [0.4, 0.5) is 0 Å². The van der Waals surface area contributed by atoms with Crippen molar-refractivity contribution in [3.8, 4) is 0 Å². The maximum Gasteiger partial charge on any atom is 0.320 e. The minimum Gasteiger partial charge on any atom is -0.480 e. The van der Waals surface area contributed by atoms with Crippen LogP contribution in [0.15, 0.2) is 0 Å². The molecule has 0 bridgehead atoms. The smallest absolute Gasteiger partial charge is 0.320 e. The quantitative estimate of drug-likeness (QED) is 0.681. The van der Waals surface area contributed by atoms with Crippen LogP contribution in [0, 0.1) is 0 Å². The van der Waals surface area contributed by atoms with Crippen molar-refractivity contribution in [3.05, 3.63) is 0 Å². The first-order valence-corrected chi connectivity index (χ1v) is 3.98. The molecule has 0 saturated carbocycles. The summed E-state index contributed by atoms with van der Waals surface area (Å²) in [6, 6.07) is -0.329. The van der Waals surface area contributed by atoms with Gasteiger partial charge in [-0.15, -0.1) is 0 Å². The van der Waals surface area contributed by atoms with Crippen molar-refractivity contribution in [1.29, 1.82) is 0 Å². The van der Waals surface area contributed by atoms with Gasteiger partial charge in [0.2, 0.25) is 0 Å². The lowest BCUT2D eigenvalue weighted by Gasteiger charge is -2.17. The van der Waals surface area contributed by atoms with Crippen molar-refractivity contribution < 1.29 is 9.90 Å². The summed E-state index contributed by atoms with van der Waals surface area (Å²) in [5, 5.41) is 8.50. The molecule has 0 spiro atoms. The third-order valence-electron chi connectivity index (χ3n) is 1.30. The Balaban J connectivity index is 0. The number of hydrogen-bond donors (Lipinski definition) is 1. The molecule has 68 valence electrons. The molecule has 3 heteroatoms. The molecule has 1 atom stereocenters. The molecule has 11 heavy (non-hydrogen) atoms. The zero-order valence-corrected chi connectivity index (χ0v) is 8.09. The predicted octanol–water partition coefficient (Wildman–Crippen LogP) is 1.44. The summed E-state index contributed by atoms with van der Waals surface area (Å²) in [4.78, 5) is 12.0. The Hall–Kier alpha value is -0.570. The monoisotopic (exact) mass is 161 g/mol. The van der Waals surface area contributed by atoms with Crippen molar-refractivity contribution in [2.75, 3.05) is 14.1 Å². The van der Waals surface area contributed by atoms with E-state index in [0.717, 1.165) is 0 Å². The third-order valence-corrected chi connectivity index (χ3v) is 1.30. The largest absolute Gasteiger partial charge is 0.480 e. The molecule has 0 saturated heterocycles. The van der Waals surface area contributed by atoms with Gasteiger partial charge >= 0.3 is 5.97 Å². The summed E-state index contributed by atoms with van der Waals surface area (Å²) in [7, 11) is 3.53. The number of likely N-dealkylation sites (N-methyl/N-ethyl adjacent to an activating group) is 1. The number of hydrogen-bond acceptors (Lipinski definition) is 2. The fourth-order valence-electron chi connectivity index (χ4n) is 0.761. The van der Waals surface area contributed by atoms with E-state index in [1.54, 1.807) is 19.0 Å². The maximum atomic E-state index is 10.3. The Morgan fingerprint density at radius 3 is 1.82 bits per heavy atom. The summed E-state index contributed by atoms with van der Waals surface area (Å²) in [6.45, 7) is 5.86. The van der Waals surface area contributed by atoms with E-state index >= 15 is 0 Å². The van der Waals surface area contributed by atoms with Crippen LogP contribution in [-0.2, 0) is 4.79 Å². The standard InChI is InChI=1S/C6H13NO2.C2H6/c1-4-5(6(8)9)7(2)3;1-2/h5H,4H2,1-3H3,(H,8,9);1-2H3. The van der Waals surface area contributed by atoms with Crippen LogP contribution >= 0.6 is 0 Å². The van der Waals surface area contributed by atoms with E-state index < -0.39 is 5.97 Å². The van der Waals surface area contributed by atoms with E-state index in [1.807, 2.05) is 20.8 Å². The second-order valence-corrected chi connectivity index (χ2v) is 2.23. The van der Waals surface area contributed by atoms with Gasteiger partial charge in [0.05, 0.1) is 0 Å². The first-order chi connectivity index (χ1) is 5.09. The molecule has 0 aromatic heterocycles. The summed E-state index contributed by atoms with van der Waals surface area (Å²) < 4.78 is 0. The van der Waals surface area contributed by atoms with Crippen LogP contribution in [0.2, 0.25) is 0 Å². The van der Waals surface area contributed by atoms with E-state index in [4.69, 9.17) is 5.11 Å². The first-order valence-electron chi connectivity index (χ1n) is 3.98. The Labute approximate surface area is 69.0 Å². The highest BCUT2D eigenvalue weighted by molar-refractivity contribution is 5.73. The molecule has 0 aliphatic rings. The Kier molecular flexibility index (Phi) is 8.94. The lowest BCUT2D eigenvalue weighted by Crippen LogP contribution is -2.34. The minimum absolute atomic E-state index is 0.329. The summed E-state index contributed by atoms with van der Waals surface area (Å²) in [5.74, 6) is -0.748. The van der Waals surface area contributed by atoms with Crippen LogP contribution in [0.25, 0.3) is 0 Å². The molecule has 1 N–H and O–H groups in total. The molecule has 0 aliphatic heterocycles. The van der Waals surface area contributed by atoms with Gasteiger partial charge in [0.1, 0.15) is 6.04 Å².